The fourth-order valence-electron chi connectivity index (χ4n) is 4.36. The van der Waals surface area contributed by atoms with Gasteiger partial charge < -0.3 is 15.0 Å². The first-order valence-corrected chi connectivity index (χ1v) is 17.7. The van der Waals surface area contributed by atoms with Crippen LogP contribution in [0.15, 0.2) is 54.7 Å². The van der Waals surface area contributed by atoms with Gasteiger partial charge in [-0.3, -0.25) is 18.9 Å². The van der Waals surface area contributed by atoms with E-state index in [1.165, 1.54) is 19.2 Å². The van der Waals surface area contributed by atoms with Crippen molar-refractivity contribution in [3.8, 4) is 0 Å². The number of ether oxygens (including phenoxy) is 1. The smallest absolute Gasteiger partial charge is 0.447 e. The summed E-state index contributed by atoms with van der Waals surface area (Å²) < 4.78 is 80.7. The number of carbonyl (C=O) groups is 2. The molecule has 1 unspecified atom stereocenters. The van der Waals surface area contributed by atoms with Gasteiger partial charge in [-0.25, -0.2) is 27.9 Å². The summed E-state index contributed by atoms with van der Waals surface area (Å²) in [6.45, 7) is 4.14. The van der Waals surface area contributed by atoms with Gasteiger partial charge in [0.1, 0.15) is 18.5 Å². The van der Waals surface area contributed by atoms with Crippen molar-refractivity contribution in [2.24, 2.45) is 0 Å². The Balaban J connectivity index is 1.82. The van der Waals surface area contributed by atoms with Gasteiger partial charge in [-0.15, -0.1) is 4.52 Å². The third-order valence-electron chi connectivity index (χ3n) is 6.61. The number of pyridine rings is 1. The maximum Gasteiger partial charge on any atom is 0.510 e. The minimum atomic E-state index is -4.14. The molecule has 0 radical (unpaired) electrons. The lowest BCUT2D eigenvalue weighted by molar-refractivity contribution is 0.0605. The molecule has 47 heavy (non-hydrogen) atoms. The van der Waals surface area contributed by atoms with Gasteiger partial charge in [0.15, 0.2) is 11.6 Å². The Morgan fingerprint density at radius 2 is 1.72 bits per heavy atom. The molecular formula is C30H39F2N4O9P2+. The number of hydrogen-bond acceptors (Lipinski definition) is 10. The van der Waals surface area contributed by atoms with Crippen LogP contribution in [0, 0.1) is 11.6 Å². The van der Waals surface area contributed by atoms with Crippen molar-refractivity contribution in [2.75, 3.05) is 45.0 Å². The van der Waals surface area contributed by atoms with Crippen molar-refractivity contribution in [1.29, 1.82) is 0 Å². The van der Waals surface area contributed by atoms with Crippen LogP contribution in [0.1, 0.15) is 32.8 Å². The maximum absolute atomic E-state index is 14.2. The molecule has 0 saturated heterocycles. The number of aromatic nitrogens is 1. The molecule has 256 valence electrons. The molecular weight excluding hydrogens is 660 g/mol. The number of halogens is 2. The highest BCUT2D eigenvalue weighted by molar-refractivity contribution is 7.48. The van der Waals surface area contributed by atoms with E-state index in [1.54, 1.807) is 33.0 Å². The molecule has 17 heteroatoms. The van der Waals surface area contributed by atoms with Gasteiger partial charge in [-0.05, 0) is 42.9 Å². The summed E-state index contributed by atoms with van der Waals surface area (Å²) in [5, 5.41) is 6.74. The molecule has 0 fully saturated rings. The predicted octanol–water partition coefficient (Wildman–Crippen LogP) is 7.01. The monoisotopic (exact) mass is 699 g/mol. The van der Waals surface area contributed by atoms with Gasteiger partial charge in [-0.2, -0.15) is 0 Å². The molecule has 1 aromatic heterocycles. The number of nitrogens with one attached hydrogen (secondary N) is 2. The zero-order valence-electron chi connectivity index (χ0n) is 26.5. The lowest BCUT2D eigenvalue weighted by Gasteiger charge is -2.31. The van der Waals surface area contributed by atoms with Crippen LogP contribution in [-0.4, -0.2) is 73.8 Å². The van der Waals surface area contributed by atoms with Gasteiger partial charge in [0, 0.05) is 37.2 Å². The van der Waals surface area contributed by atoms with E-state index in [-0.39, 0.29) is 50.3 Å². The Morgan fingerprint density at radius 3 is 2.40 bits per heavy atom. The van der Waals surface area contributed by atoms with E-state index >= 15 is 0 Å². The molecule has 1 heterocycles. The van der Waals surface area contributed by atoms with E-state index in [0.717, 1.165) is 21.7 Å². The normalized spacial score (nSPS) is 13.1. The van der Waals surface area contributed by atoms with Gasteiger partial charge in [0.2, 0.25) is 6.16 Å². The topological polar surface area (TPSA) is 155 Å². The standard InChI is InChI=1S/C30H38F2N4O9P2/c1-5-42-46(39)20-25(45-47(40,43-6-2)44-7-3)16-24(36(4)29(37)34-18-23-13-10-14-26(31)28(23)32)19-41-30(38)35-27-15-21-11-8-9-12-22(21)17-33-27/h8-15,17,24-25H,5-7,16,18-20H2,1-4H3,(H-,33,34,35,37,38)/p+1/t24-,25+/m0/s1. The molecule has 0 aliphatic heterocycles. The minimum Gasteiger partial charge on any atom is -0.447 e. The van der Waals surface area contributed by atoms with E-state index < -0.39 is 58.4 Å². The molecule has 0 spiro atoms. The Morgan fingerprint density at radius 1 is 1.02 bits per heavy atom. The number of likely N-dealkylation sites (N-methyl/N-ethyl adjacent to an activating group) is 1. The zero-order chi connectivity index (χ0) is 34.4. The van der Waals surface area contributed by atoms with Crippen LogP contribution in [0.5, 0.6) is 0 Å². The molecule has 2 aromatic carbocycles. The number of benzene rings is 2. The van der Waals surface area contributed by atoms with E-state index in [0.29, 0.717) is 0 Å². The van der Waals surface area contributed by atoms with Crippen molar-refractivity contribution >= 4 is 44.6 Å². The lowest BCUT2D eigenvalue weighted by atomic mass is 10.1. The largest absolute Gasteiger partial charge is 0.510 e. The third-order valence-corrected chi connectivity index (χ3v) is 9.57. The first-order chi connectivity index (χ1) is 22.5. The first-order valence-electron chi connectivity index (χ1n) is 14.9. The van der Waals surface area contributed by atoms with E-state index in [4.69, 9.17) is 22.8 Å². The van der Waals surface area contributed by atoms with Crippen LogP contribution in [0.2, 0.25) is 0 Å². The van der Waals surface area contributed by atoms with Crippen LogP contribution in [0.25, 0.3) is 10.8 Å². The number of nitrogens with zero attached hydrogens (tertiary/aromatic N) is 2. The van der Waals surface area contributed by atoms with Crippen LogP contribution in [-0.2, 0) is 38.5 Å². The predicted molar refractivity (Wildman–Crippen MR) is 171 cm³/mol. The Hall–Kier alpha value is -3.58. The van der Waals surface area contributed by atoms with Crippen LogP contribution in [0.3, 0.4) is 0 Å². The average molecular weight is 700 g/mol. The number of carbonyl (C=O) groups excluding carboxylic acids is 2. The van der Waals surface area contributed by atoms with Gasteiger partial charge in [0.25, 0.3) is 0 Å². The molecule has 0 aliphatic carbocycles. The number of anilines is 1. The van der Waals surface area contributed by atoms with Crippen molar-refractivity contribution in [1.82, 2.24) is 15.2 Å². The number of fused-ring (bicyclic) bond motifs is 1. The molecule has 3 atom stereocenters. The first kappa shape index (κ1) is 37.9. The maximum atomic E-state index is 14.2. The highest BCUT2D eigenvalue weighted by Crippen LogP contribution is 2.51. The Bertz CT molecular complexity index is 1560. The number of rotatable bonds is 18. The molecule has 0 bridgehead atoms. The molecule has 3 amide bonds. The Labute approximate surface area is 272 Å². The number of phosphoric ester groups is 1. The highest BCUT2D eigenvalue weighted by atomic mass is 31.2. The van der Waals surface area contributed by atoms with Crippen molar-refractivity contribution in [3.05, 3.63) is 71.9 Å². The quantitative estimate of drug-likeness (QED) is 0.133. The van der Waals surface area contributed by atoms with Gasteiger partial charge in [-0.1, -0.05) is 36.4 Å². The van der Waals surface area contributed by atoms with Crippen molar-refractivity contribution in [2.45, 2.75) is 45.9 Å². The number of amides is 3. The van der Waals surface area contributed by atoms with Crippen LogP contribution < -0.4 is 10.6 Å². The molecule has 0 aliphatic rings. The average Bonchev–Trinajstić information content (AvgIpc) is 3.03. The second-order valence-corrected chi connectivity index (χ2v) is 12.9. The van der Waals surface area contributed by atoms with Crippen molar-refractivity contribution < 1.29 is 50.3 Å². The summed E-state index contributed by atoms with van der Waals surface area (Å²) in [7, 11) is -5.07. The summed E-state index contributed by atoms with van der Waals surface area (Å²) in [6.07, 6.45) is -0.882. The van der Waals surface area contributed by atoms with E-state index in [1.807, 2.05) is 24.3 Å². The molecule has 0 saturated carbocycles. The summed E-state index contributed by atoms with van der Waals surface area (Å²) in [5.41, 5.74) is -0.0916. The second kappa shape index (κ2) is 18.7. The van der Waals surface area contributed by atoms with Crippen LogP contribution in [0.4, 0.5) is 24.2 Å². The molecule has 13 nitrogen and oxygen atoms in total. The van der Waals surface area contributed by atoms with Crippen LogP contribution >= 0.6 is 15.9 Å². The summed E-state index contributed by atoms with van der Waals surface area (Å²) in [4.78, 5) is 31.4. The van der Waals surface area contributed by atoms with Gasteiger partial charge in [0.05, 0.1) is 25.9 Å². The zero-order valence-corrected chi connectivity index (χ0v) is 28.3. The number of urea groups is 1. The Kier molecular flexibility index (Phi) is 15.1. The lowest BCUT2D eigenvalue weighted by Crippen LogP contribution is -2.47. The minimum absolute atomic E-state index is 0.0178. The summed E-state index contributed by atoms with van der Waals surface area (Å²) >= 11 is 0. The third kappa shape index (κ3) is 11.9. The molecule has 3 rings (SSSR count). The van der Waals surface area contributed by atoms with Gasteiger partial charge >= 0.3 is 28.0 Å². The number of hydrogen-bond donors (Lipinski definition) is 2. The molecule has 2 N–H and O–H groups in total. The summed E-state index contributed by atoms with van der Waals surface area (Å²) in [5.74, 6) is -1.96. The fraction of sp³-hybridized carbons (Fsp3) is 0.433. The SMILES string of the molecule is CCO[P+](=O)C[C@@H](C[C@@H](COC(=O)Nc1cc2ccccc2cn1)N(C)C(=O)NCc1cccc(F)c1F)OP(=O)(OCC)OCC. The fourth-order valence-corrected chi connectivity index (χ4v) is 6.78. The number of phosphoric acid groups is 1. The highest BCUT2D eigenvalue weighted by Gasteiger charge is 2.38. The summed E-state index contributed by atoms with van der Waals surface area (Å²) in [6, 6.07) is 10.9. The molecule has 3 aromatic rings. The van der Waals surface area contributed by atoms with E-state index in [2.05, 4.69) is 15.6 Å². The second-order valence-electron chi connectivity index (χ2n) is 9.96. The van der Waals surface area contributed by atoms with E-state index in [9.17, 15) is 27.5 Å². The van der Waals surface area contributed by atoms with Crippen molar-refractivity contribution in [3.63, 3.8) is 0 Å².